The van der Waals surface area contributed by atoms with Gasteiger partial charge in [0.15, 0.2) is 0 Å². The van der Waals surface area contributed by atoms with Gasteiger partial charge in [0.2, 0.25) is 0 Å². The van der Waals surface area contributed by atoms with Crippen LogP contribution in [0.3, 0.4) is 0 Å². The Labute approximate surface area is 127 Å². The van der Waals surface area contributed by atoms with E-state index in [9.17, 15) is 9.59 Å². The maximum absolute atomic E-state index is 12.3. The standard InChI is InChI=1S/C12H12Br2N2O3/c13-8-3-7(4-9(14)5-8)10(17)16-2-1-12(15,6-16)11(18)19/h3-5H,1-2,6,15H2,(H,18,19). The number of aliphatic carboxylic acids is 1. The van der Waals surface area contributed by atoms with E-state index in [1.165, 1.54) is 4.90 Å². The van der Waals surface area contributed by atoms with Crippen LogP contribution in [0.4, 0.5) is 0 Å². The van der Waals surface area contributed by atoms with Crippen molar-refractivity contribution in [1.29, 1.82) is 0 Å². The SMILES string of the molecule is NC1(C(=O)O)CCN(C(=O)c2cc(Br)cc(Br)c2)C1. The molecule has 0 spiro atoms. The van der Waals surface area contributed by atoms with E-state index in [0.29, 0.717) is 12.1 Å². The van der Waals surface area contributed by atoms with Crippen molar-refractivity contribution in [3.05, 3.63) is 32.7 Å². The molecule has 1 fully saturated rings. The summed E-state index contributed by atoms with van der Waals surface area (Å²) in [6.07, 6.45) is 0.267. The molecule has 1 amide bonds. The maximum atomic E-state index is 12.3. The highest BCUT2D eigenvalue weighted by molar-refractivity contribution is 9.11. The van der Waals surface area contributed by atoms with Crippen LogP contribution in [-0.2, 0) is 4.79 Å². The molecule has 1 aromatic rings. The molecule has 19 heavy (non-hydrogen) atoms. The summed E-state index contributed by atoms with van der Waals surface area (Å²) in [5, 5.41) is 9.05. The Morgan fingerprint density at radius 3 is 2.32 bits per heavy atom. The van der Waals surface area contributed by atoms with E-state index >= 15 is 0 Å². The third kappa shape index (κ3) is 2.98. The van der Waals surface area contributed by atoms with Crippen molar-refractivity contribution in [2.45, 2.75) is 12.0 Å². The largest absolute Gasteiger partial charge is 0.480 e. The molecule has 102 valence electrons. The normalized spacial score (nSPS) is 22.6. The molecule has 1 heterocycles. The zero-order valence-corrected chi connectivity index (χ0v) is 13.1. The Kier molecular flexibility index (Phi) is 3.98. The first-order chi connectivity index (χ1) is 8.82. The highest BCUT2D eigenvalue weighted by atomic mass is 79.9. The molecule has 0 radical (unpaired) electrons. The van der Waals surface area contributed by atoms with Gasteiger partial charge in [0.25, 0.3) is 5.91 Å². The highest BCUT2D eigenvalue weighted by Gasteiger charge is 2.43. The lowest BCUT2D eigenvalue weighted by Gasteiger charge is -2.20. The molecular formula is C12H12Br2N2O3. The van der Waals surface area contributed by atoms with Crippen molar-refractivity contribution >= 4 is 43.7 Å². The predicted molar refractivity (Wildman–Crippen MR) is 76.9 cm³/mol. The zero-order valence-electron chi connectivity index (χ0n) is 9.90. The van der Waals surface area contributed by atoms with Crippen LogP contribution in [0.1, 0.15) is 16.8 Å². The van der Waals surface area contributed by atoms with Gasteiger partial charge in [-0.3, -0.25) is 9.59 Å². The monoisotopic (exact) mass is 390 g/mol. The number of halogens is 2. The van der Waals surface area contributed by atoms with Crippen LogP contribution in [0, 0.1) is 0 Å². The lowest BCUT2D eigenvalue weighted by atomic mass is 10.0. The number of benzene rings is 1. The molecule has 1 unspecified atom stereocenters. The van der Waals surface area contributed by atoms with Gasteiger partial charge < -0.3 is 15.7 Å². The van der Waals surface area contributed by atoms with E-state index < -0.39 is 11.5 Å². The lowest BCUT2D eigenvalue weighted by molar-refractivity contribution is -0.142. The maximum Gasteiger partial charge on any atom is 0.325 e. The van der Waals surface area contributed by atoms with Crippen molar-refractivity contribution in [2.75, 3.05) is 13.1 Å². The topological polar surface area (TPSA) is 83.6 Å². The van der Waals surface area contributed by atoms with E-state index in [0.717, 1.165) is 8.95 Å². The average Bonchev–Trinajstić information content (AvgIpc) is 2.71. The molecule has 3 N–H and O–H groups in total. The van der Waals surface area contributed by atoms with Gasteiger partial charge in [-0.25, -0.2) is 0 Å². The number of carbonyl (C=O) groups is 2. The molecular weight excluding hydrogens is 380 g/mol. The Morgan fingerprint density at radius 2 is 1.84 bits per heavy atom. The molecule has 0 aromatic heterocycles. The second-order valence-corrected chi connectivity index (χ2v) is 6.43. The molecule has 2 rings (SSSR count). The van der Waals surface area contributed by atoms with Crippen LogP contribution in [0.25, 0.3) is 0 Å². The summed E-state index contributed by atoms with van der Waals surface area (Å²) in [4.78, 5) is 24.8. The minimum atomic E-state index is -1.33. The van der Waals surface area contributed by atoms with Crippen LogP contribution in [0.5, 0.6) is 0 Å². The van der Waals surface area contributed by atoms with E-state index in [2.05, 4.69) is 31.9 Å². The van der Waals surface area contributed by atoms with E-state index in [-0.39, 0.29) is 18.9 Å². The van der Waals surface area contributed by atoms with Crippen LogP contribution in [0.15, 0.2) is 27.1 Å². The lowest BCUT2D eigenvalue weighted by Crippen LogP contribution is -2.50. The van der Waals surface area contributed by atoms with E-state index in [1.807, 2.05) is 6.07 Å². The third-order valence-electron chi connectivity index (χ3n) is 3.12. The summed E-state index contributed by atoms with van der Waals surface area (Å²) in [5.74, 6) is -1.28. The molecule has 1 saturated heterocycles. The number of amides is 1. The first kappa shape index (κ1) is 14.5. The minimum absolute atomic E-state index is 0.0330. The first-order valence-electron chi connectivity index (χ1n) is 5.59. The average molecular weight is 392 g/mol. The summed E-state index contributed by atoms with van der Waals surface area (Å²) >= 11 is 6.63. The number of nitrogens with zero attached hydrogens (tertiary/aromatic N) is 1. The van der Waals surface area contributed by atoms with Crippen molar-refractivity contribution in [3.63, 3.8) is 0 Å². The van der Waals surface area contributed by atoms with E-state index in [1.54, 1.807) is 12.1 Å². The Morgan fingerprint density at radius 1 is 1.26 bits per heavy atom. The number of hydrogen-bond donors (Lipinski definition) is 2. The quantitative estimate of drug-likeness (QED) is 0.805. The molecule has 0 bridgehead atoms. The Bertz CT molecular complexity index is 530. The minimum Gasteiger partial charge on any atom is -0.480 e. The molecule has 1 aliphatic rings. The fourth-order valence-electron chi connectivity index (χ4n) is 2.04. The Balaban J connectivity index is 2.20. The number of likely N-dealkylation sites (tertiary alicyclic amines) is 1. The molecule has 1 atom stereocenters. The summed E-state index contributed by atoms with van der Waals surface area (Å²) in [6.45, 7) is 0.386. The highest BCUT2D eigenvalue weighted by Crippen LogP contribution is 2.24. The van der Waals surface area contributed by atoms with Crippen LogP contribution < -0.4 is 5.73 Å². The van der Waals surface area contributed by atoms with Gasteiger partial charge in [0.1, 0.15) is 5.54 Å². The molecule has 5 nitrogen and oxygen atoms in total. The molecule has 0 saturated carbocycles. The number of carbonyl (C=O) groups excluding carboxylic acids is 1. The van der Waals surface area contributed by atoms with Gasteiger partial charge in [-0.05, 0) is 24.6 Å². The predicted octanol–water partition coefficient (Wildman–Crippen LogP) is 1.84. The van der Waals surface area contributed by atoms with E-state index in [4.69, 9.17) is 10.8 Å². The first-order valence-corrected chi connectivity index (χ1v) is 7.18. The summed E-state index contributed by atoms with van der Waals surface area (Å²) in [7, 11) is 0. The summed E-state index contributed by atoms with van der Waals surface area (Å²) in [5.41, 5.74) is 4.92. The number of hydrogen-bond acceptors (Lipinski definition) is 3. The summed E-state index contributed by atoms with van der Waals surface area (Å²) < 4.78 is 1.56. The fraction of sp³-hybridized carbons (Fsp3) is 0.333. The van der Waals surface area contributed by atoms with Crippen LogP contribution >= 0.6 is 31.9 Å². The second kappa shape index (κ2) is 5.22. The van der Waals surface area contributed by atoms with Gasteiger partial charge in [-0.1, -0.05) is 31.9 Å². The molecule has 0 aliphatic carbocycles. The smallest absolute Gasteiger partial charge is 0.325 e. The van der Waals surface area contributed by atoms with Gasteiger partial charge in [0, 0.05) is 27.6 Å². The third-order valence-corrected chi connectivity index (χ3v) is 4.04. The molecule has 1 aliphatic heterocycles. The molecule has 1 aromatic carbocycles. The van der Waals surface area contributed by atoms with Crippen molar-refractivity contribution in [2.24, 2.45) is 5.73 Å². The van der Waals surface area contributed by atoms with Crippen LogP contribution in [0.2, 0.25) is 0 Å². The van der Waals surface area contributed by atoms with Crippen LogP contribution in [-0.4, -0.2) is 40.5 Å². The molecule has 7 heteroatoms. The van der Waals surface area contributed by atoms with Gasteiger partial charge in [0.05, 0.1) is 0 Å². The number of carboxylic acid groups (broad SMARTS) is 1. The van der Waals surface area contributed by atoms with Gasteiger partial charge in [-0.2, -0.15) is 0 Å². The number of carboxylic acids is 1. The zero-order chi connectivity index (χ0) is 14.2. The number of nitrogens with two attached hydrogens (primary N) is 1. The van der Waals surface area contributed by atoms with Gasteiger partial charge >= 0.3 is 5.97 Å². The van der Waals surface area contributed by atoms with Crippen molar-refractivity contribution in [1.82, 2.24) is 4.90 Å². The van der Waals surface area contributed by atoms with Crippen molar-refractivity contribution < 1.29 is 14.7 Å². The Hall–Kier alpha value is -0.920. The summed E-state index contributed by atoms with van der Waals surface area (Å²) in [6, 6.07) is 5.22. The fourth-order valence-corrected chi connectivity index (χ4v) is 3.33. The second-order valence-electron chi connectivity index (χ2n) is 4.60. The van der Waals surface area contributed by atoms with Gasteiger partial charge in [-0.15, -0.1) is 0 Å². The number of rotatable bonds is 2. The van der Waals surface area contributed by atoms with Crippen molar-refractivity contribution in [3.8, 4) is 0 Å².